The van der Waals surface area contributed by atoms with Crippen LogP contribution in [0.4, 0.5) is 0 Å². The standard InChI is InChI=1S/C24H20Cl2N2O5S/c1-4-33-23(31)19-12(2)27-24-28(20(19)14-5-7-15(25)8-6-14)22(30)18(34-24)11-13-9-16(26)21(29)17(10-13)32-3/h5-11,20,29H,4H2,1-3H3/b18-11-/t20-/m0/s1. The van der Waals surface area contributed by atoms with Gasteiger partial charge in [0.05, 0.1) is 40.6 Å². The summed E-state index contributed by atoms with van der Waals surface area (Å²) >= 11 is 13.4. The number of phenols is 1. The summed E-state index contributed by atoms with van der Waals surface area (Å²) in [6.07, 6.45) is 1.64. The van der Waals surface area contributed by atoms with Gasteiger partial charge in [-0.2, -0.15) is 0 Å². The van der Waals surface area contributed by atoms with Gasteiger partial charge in [-0.1, -0.05) is 46.7 Å². The van der Waals surface area contributed by atoms with E-state index in [0.29, 0.717) is 31.2 Å². The van der Waals surface area contributed by atoms with Crippen LogP contribution in [0.15, 0.2) is 57.5 Å². The molecule has 10 heteroatoms. The lowest BCUT2D eigenvalue weighted by molar-refractivity contribution is -0.139. The normalized spacial score (nSPS) is 15.7. The van der Waals surface area contributed by atoms with E-state index < -0.39 is 12.0 Å². The molecule has 7 nitrogen and oxygen atoms in total. The lowest BCUT2D eigenvalue weighted by Crippen LogP contribution is -2.39. The molecule has 1 aliphatic rings. The number of hydrogen-bond acceptors (Lipinski definition) is 7. The summed E-state index contributed by atoms with van der Waals surface area (Å²) in [6, 6.07) is 9.33. The molecule has 0 aliphatic carbocycles. The summed E-state index contributed by atoms with van der Waals surface area (Å²) in [5.74, 6) is -0.528. The number of hydrogen-bond donors (Lipinski definition) is 1. The van der Waals surface area contributed by atoms with E-state index >= 15 is 0 Å². The number of ether oxygens (including phenoxy) is 2. The zero-order valence-electron chi connectivity index (χ0n) is 18.5. The first-order valence-corrected chi connectivity index (χ1v) is 11.8. The number of aromatic hydroxyl groups is 1. The molecule has 3 aromatic rings. The molecule has 0 amide bonds. The maximum absolute atomic E-state index is 13.6. The number of nitrogens with zero attached hydrogens (tertiary/aromatic N) is 2. The Kier molecular flexibility index (Phi) is 6.84. The molecular formula is C24H20Cl2N2O5S. The summed E-state index contributed by atoms with van der Waals surface area (Å²) in [7, 11) is 1.41. The van der Waals surface area contributed by atoms with Gasteiger partial charge < -0.3 is 14.6 Å². The summed E-state index contributed by atoms with van der Waals surface area (Å²) in [4.78, 5) is 31.4. The highest BCUT2D eigenvalue weighted by Gasteiger charge is 2.33. The average Bonchev–Trinajstić information content (AvgIpc) is 3.10. The number of phenolic OH excluding ortho intramolecular Hbond substituents is 1. The van der Waals surface area contributed by atoms with Gasteiger partial charge in [0, 0.05) is 5.02 Å². The van der Waals surface area contributed by atoms with E-state index in [1.165, 1.54) is 29.1 Å². The molecule has 2 heterocycles. The maximum Gasteiger partial charge on any atom is 0.338 e. The Labute approximate surface area is 208 Å². The Hall–Kier alpha value is -3.07. The second kappa shape index (κ2) is 9.66. The fraction of sp³-hybridized carbons (Fsp3) is 0.208. The van der Waals surface area contributed by atoms with Crippen molar-refractivity contribution in [1.29, 1.82) is 0 Å². The van der Waals surface area contributed by atoms with Gasteiger partial charge in [0.25, 0.3) is 5.56 Å². The maximum atomic E-state index is 13.6. The highest BCUT2D eigenvalue weighted by molar-refractivity contribution is 7.07. The third kappa shape index (κ3) is 4.36. The number of benzene rings is 2. The monoisotopic (exact) mass is 518 g/mol. The number of halogens is 2. The summed E-state index contributed by atoms with van der Waals surface area (Å²) in [6.45, 7) is 3.63. The van der Waals surface area contributed by atoms with E-state index in [-0.39, 0.29) is 34.3 Å². The van der Waals surface area contributed by atoms with Crippen molar-refractivity contribution in [3.8, 4) is 11.5 Å². The van der Waals surface area contributed by atoms with Crippen molar-refractivity contribution in [2.45, 2.75) is 19.9 Å². The van der Waals surface area contributed by atoms with Crippen LogP contribution in [0.2, 0.25) is 10.0 Å². The molecular weight excluding hydrogens is 499 g/mol. The third-order valence-electron chi connectivity index (χ3n) is 5.27. The number of thiazole rings is 1. The van der Waals surface area contributed by atoms with Crippen LogP contribution in [0, 0.1) is 0 Å². The molecule has 1 atom stereocenters. The highest BCUT2D eigenvalue weighted by Crippen LogP contribution is 2.35. The van der Waals surface area contributed by atoms with Gasteiger partial charge in [0.1, 0.15) is 0 Å². The quantitative estimate of drug-likeness (QED) is 0.518. The number of aromatic nitrogens is 1. The van der Waals surface area contributed by atoms with Crippen molar-refractivity contribution >= 4 is 46.6 Å². The van der Waals surface area contributed by atoms with Crippen molar-refractivity contribution < 1.29 is 19.4 Å². The first kappa shape index (κ1) is 24.1. The molecule has 0 bridgehead atoms. The smallest absolute Gasteiger partial charge is 0.338 e. The van der Waals surface area contributed by atoms with Gasteiger partial charge in [-0.15, -0.1) is 0 Å². The minimum atomic E-state index is -0.729. The number of methoxy groups -OCH3 is 1. The molecule has 0 spiro atoms. The minimum absolute atomic E-state index is 0.0952. The van der Waals surface area contributed by atoms with Crippen LogP contribution < -0.4 is 19.6 Å². The summed E-state index contributed by atoms with van der Waals surface area (Å²) in [5.41, 5.74) is 1.69. The predicted octanol–water partition coefficient (Wildman–Crippen LogP) is 3.82. The minimum Gasteiger partial charge on any atom is -0.503 e. The predicted molar refractivity (Wildman–Crippen MR) is 132 cm³/mol. The van der Waals surface area contributed by atoms with Crippen LogP contribution in [0.5, 0.6) is 11.5 Å². The van der Waals surface area contributed by atoms with E-state index in [0.717, 1.165) is 0 Å². The molecule has 0 fully saturated rings. The summed E-state index contributed by atoms with van der Waals surface area (Å²) < 4.78 is 12.3. The van der Waals surface area contributed by atoms with Crippen LogP contribution in [0.1, 0.15) is 31.0 Å². The Balaban J connectivity index is 1.95. The number of allylic oxidation sites excluding steroid dienone is 1. The molecule has 1 N–H and O–H groups in total. The molecule has 2 aromatic carbocycles. The Morgan fingerprint density at radius 2 is 1.97 bits per heavy atom. The van der Waals surface area contributed by atoms with Gasteiger partial charge in [0.15, 0.2) is 16.3 Å². The van der Waals surface area contributed by atoms with E-state index in [4.69, 9.17) is 32.7 Å². The van der Waals surface area contributed by atoms with E-state index in [2.05, 4.69) is 4.99 Å². The number of rotatable bonds is 5. The zero-order valence-corrected chi connectivity index (χ0v) is 20.8. The zero-order chi connectivity index (χ0) is 24.6. The SMILES string of the molecule is CCOC(=O)C1=C(C)N=c2s/c(=C\c3cc(Cl)c(O)c(OC)c3)c(=O)n2[C@H]1c1ccc(Cl)cc1. The highest BCUT2D eigenvalue weighted by atomic mass is 35.5. The van der Waals surface area contributed by atoms with Gasteiger partial charge >= 0.3 is 5.97 Å². The largest absolute Gasteiger partial charge is 0.503 e. The number of esters is 1. The van der Waals surface area contributed by atoms with Crippen LogP contribution >= 0.6 is 34.5 Å². The fourth-order valence-corrected chi connectivity index (χ4v) is 5.13. The van der Waals surface area contributed by atoms with Crippen LogP contribution in [0.3, 0.4) is 0 Å². The summed E-state index contributed by atoms with van der Waals surface area (Å²) in [5, 5.41) is 10.6. The molecule has 0 unspecified atom stereocenters. The van der Waals surface area contributed by atoms with Crippen molar-refractivity contribution in [2.75, 3.05) is 13.7 Å². The Bertz CT molecular complexity index is 1490. The number of carbonyl (C=O) groups is 1. The van der Waals surface area contributed by atoms with Crippen molar-refractivity contribution in [2.24, 2.45) is 4.99 Å². The third-order valence-corrected chi connectivity index (χ3v) is 6.79. The molecule has 4 rings (SSSR count). The lowest BCUT2D eigenvalue weighted by atomic mass is 9.96. The first-order chi connectivity index (χ1) is 16.2. The van der Waals surface area contributed by atoms with Crippen LogP contribution in [0.25, 0.3) is 6.08 Å². The molecule has 0 radical (unpaired) electrons. The van der Waals surface area contributed by atoms with Crippen molar-refractivity contribution in [3.63, 3.8) is 0 Å². The number of carbonyl (C=O) groups excluding carboxylic acids is 1. The second-order valence-electron chi connectivity index (χ2n) is 7.41. The fourth-order valence-electron chi connectivity index (χ4n) is 3.74. The van der Waals surface area contributed by atoms with E-state index in [9.17, 15) is 14.7 Å². The Morgan fingerprint density at radius 1 is 1.26 bits per heavy atom. The van der Waals surface area contributed by atoms with Gasteiger partial charge in [0.2, 0.25) is 0 Å². The first-order valence-electron chi connectivity index (χ1n) is 10.3. The molecule has 1 aliphatic heterocycles. The molecule has 1 aromatic heterocycles. The molecule has 34 heavy (non-hydrogen) atoms. The van der Waals surface area contributed by atoms with Gasteiger partial charge in [-0.3, -0.25) is 9.36 Å². The molecule has 0 saturated carbocycles. The second-order valence-corrected chi connectivity index (χ2v) is 9.26. The van der Waals surface area contributed by atoms with Crippen LogP contribution in [-0.4, -0.2) is 29.4 Å². The van der Waals surface area contributed by atoms with Crippen molar-refractivity contribution in [3.05, 3.63) is 88.5 Å². The van der Waals surface area contributed by atoms with E-state index in [1.807, 2.05) is 0 Å². The number of fused-ring (bicyclic) bond motifs is 1. The lowest BCUT2D eigenvalue weighted by Gasteiger charge is -2.24. The van der Waals surface area contributed by atoms with Gasteiger partial charge in [-0.25, -0.2) is 9.79 Å². The van der Waals surface area contributed by atoms with E-state index in [1.54, 1.807) is 50.3 Å². The van der Waals surface area contributed by atoms with Gasteiger partial charge in [-0.05, 0) is 55.3 Å². The average molecular weight is 519 g/mol. The topological polar surface area (TPSA) is 90.1 Å². The van der Waals surface area contributed by atoms with Crippen LogP contribution in [-0.2, 0) is 9.53 Å². The Morgan fingerprint density at radius 3 is 2.62 bits per heavy atom. The molecule has 0 saturated heterocycles. The molecule has 176 valence electrons. The van der Waals surface area contributed by atoms with Crippen molar-refractivity contribution in [1.82, 2.24) is 4.57 Å².